The number of nitrogens with two attached hydrogens (primary N) is 1. The molecular weight excluding hydrogens is 899 g/mol. The van der Waals surface area contributed by atoms with Crippen LogP contribution in [0.3, 0.4) is 0 Å². The summed E-state index contributed by atoms with van der Waals surface area (Å²) in [6, 6.07) is 14.5. The van der Waals surface area contributed by atoms with Crippen LogP contribution in [0.2, 0.25) is 0 Å². The van der Waals surface area contributed by atoms with Crippen LogP contribution in [0.25, 0.3) is 0 Å². The third-order valence-corrected chi connectivity index (χ3v) is 12.1. The van der Waals surface area contributed by atoms with Gasteiger partial charge < -0.3 is 50.7 Å². The number of hydrogen-bond acceptors (Lipinski definition) is 12. The van der Waals surface area contributed by atoms with Crippen molar-refractivity contribution in [3.63, 3.8) is 0 Å². The lowest BCUT2D eigenvalue weighted by molar-refractivity contribution is -0.276. The van der Waals surface area contributed by atoms with Gasteiger partial charge in [-0.15, -0.1) is 0 Å². The summed E-state index contributed by atoms with van der Waals surface area (Å²) in [7, 11) is 0. The lowest BCUT2D eigenvalue weighted by Gasteiger charge is -2.45. The van der Waals surface area contributed by atoms with E-state index < -0.39 is 90.3 Å². The molecule has 0 unspecified atom stereocenters. The minimum atomic E-state index is -1.48. The average Bonchev–Trinajstić information content (AvgIpc) is 3.33. The van der Waals surface area contributed by atoms with Crippen LogP contribution >= 0.6 is 0 Å². The second-order valence-corrected chi connectivity index (χ2v) is 18.2. The normalized spacial score (nSPS) is 18.9. The molecule has 2 aromatic rings. The lowest BCUT2D eigenvalue weighted by Crippen LogP contribution is -2.68. The van der Waals surface area contributed by atoms with E-state index in [0.29, 0.717) is 13.0 Å². The second-order valence-electron chi connectivity index (χ2n) is 18.2. The highest BCUT2D eigenvalue weighted by atomic mass is 16.7. The molecule has 1 fully saturated rings. The molecule has 1 aliphatic heterocycles. The molecule has 0 spiro atoms. The molecule has 17 heteroatoms. The van der Waals surface area contributed by atoms with Gasteiger partial charge in [-0.3, -0.25) is 33.6 Å². The lowest BCUT2D eigenvalue weighted by atomic mass is 9.94. The number of benzene rings is 2. The summed E-state index contributed by atoms with van der Waals surface area (Å²) in [4.78, 5) is 91.0. The Morgan fingerprint density at radius 1 is 0.671 bits per heavy atom. The van der Waals surface area contributed by atoms with Gasteiger partial charge >= 0.3 is 11.9 Å². The molecule has 1 aliphatic rings. The van der Waals surface area contributed by atoms with Crippen molar-refractivity contribution in [1.82, 2.24) is 21.3 Å². The van der Waals surface area contributed by atoms with Gasteiger partial charge in [0, 0.05) is 26.8 Å². The van der Waals surface area contributed by atoms with Gasteiger partial charge in [-0.05, 0) is 37.8 Å². The van der Waals surface area contributed by atoms with Gasteiger partial charge in [0.05, 0.1) is 6.61 Å². The van der Waals surface area contributed by atoms with Crippen molar-refractivity contribution in [1.29, 1.82) is 0 Å². The number of carbonyl (C=O) groups is 7. The van der Waals surface area contributed by atoms with Crippen LogP contribution in [0.1, 0.15) is 161 Å². The Bertz CT molecular complexity index is 1870. The molecule has 0 bridgehead atoms. The van der Waals surface area contributed by atoms with Crippen LogP contribution in [-0.4, -0.2) is 96.9 Å². The van der Waals surface area contributed by atoms with Gasteiger partial charge in [0.1, 0.15) is 36.9 Å². The van der Waals surface area contributed by atoms with Crippen LogP contribution in [0.4, 0.5) is 0 Å². The molecule has 3 rings (SSSR count). The minimum absolute atomic E-state index is 0.00388. The number of carbonyl (C=O) groups excluding carboxylic acids is 7. The maximum absolute atomic E-state index is 14.0. The molecule has 70 heavy (non-hydrogen) atoms. The first-order chi connectivity index (χ1) is 33.7. The van der Waals surface area contributed by atoms with E-state index in [2.05, 4.69) is 28.2 Å². The summed E-state index contributed by atoms with van der Waals surface area (Å²) in [6.07, 6.45) is 12.0. The molecule has 0 saturated carbocycles. The number of nitrogens with one attached hydrogen (secondary N) is 4. The maximum Gasteiger partial charge on any atom is 0.306 e. The number of primary amides is 1. The molecule has 0 radical (unpaired) electrons. The van der Waals surface area contributed by atoms with Crippen molar-refractivity contribution >= 4 is 41.5 Å². The van der Waals surface area contributed by atoms with E-state index in [0.717, 1.165) is 37.3 Å². The van der Waals surface area contributed by atoms with Crippen LogP contribution in [0.5, 0.6) is 0 Å². The van der Waals surface area contributed by atoms with E-state index >= 15 is 0 Å². The van der Waals surface area contributed by atoms with Gasteiger partial charge in [-0.1, -0.05) is 164 Å². The zero-order valence-corrected chi connectivity index (χ0v) is 42.2. The van der Waals surface area contributed by atoms with Gasteiger partial charge in [-0.25, -0.2) is 0 Å². The quantitative estimate of drug-likeness (QED) is 0.0367. The fourth-order valence-electron chi connectivity index (χ4n) is 8.15. The van der Waals surface area contributed by atoms with E-state index in [1.165, 1.54) is 97.8 Å². The monoisotopic (exact) mass is 980 g/mol. The molecule has 6 N–H and O–H groups in total. The van der Waals surface area contributed by atoms with E-state index in [-0.39, 0.29) is 26.1 Å². The molecular formula is C53H81N5O12. The Labute approximate surface area is 415 Å². The first kappa shape index (κ1) is 58.9. The number of hydrogen-bond donors (Lipinski definition) is 5. The predicted octanol–water partition coefficient (Wildman–Crippen LogP) is 6.51. The molecule has 0 aromatic heterocycles. The van der Waals surface area contributed by atoms with Crippen LogP contribution < -0.4 is 27.0 Å². The molecule has 2 aromatic carbocycles. The van der Waals surface area contributed by atoms with Crippen LogP contribution in [0, 0.1) is 0 Å². The van der Waals surface area contributed by atoms with Gasteiger partial charge in [0.25, 0.3) is 5.91 Å². The fourth-order valence-corrected chi connectivity index (χ4v) is 8.15. The Morgan fingerprint density at radius 3 is 1.71 bits per heavy atom. The Morgan fingerprint density at radius 2 is 1.20 bits per heavy atom. The van der Waals surface area contributed by atoms with Crippen LogP contribution in [-0.2, 0) is 70.5 Å². The van der Waals surface area contributed by atoms with Crippen LogP contribution in [0.15, 0.2) is 60.7 Å². The zero-order valence-electron chi connectivity index (χ0n) is 42.2. The van der Waals surface area contributed by atoms with Gasteiger partial charge in [-0.2, -0.15) is 0 Å². The molecule has 0 aliphatic carbocycles. The smallest absolute Gasteiger partial charge is 0.306 e. The number of esters is 2. The molecule has 1 heterocycles. The third kappa shape index (κ3) is 23.5. The molecule has 17 nitrogen and oxygen atoms in total. The molecule has 8 atom stereocenters. The number of rotatable bonds is 35. The van der Waals surface area contributed by atoms with Gasteiger partial charge in [0.15, 0.2) is 18.5 Å². The highest BCUT2D eigenvalue weighted by Crippen LogP contribution is 2.29. The van der Waals surface area contributed by atoms with Crippen molar-refractivity contribution in [2.45, 2.75) is 212 Å². The molecule has 1 saturated heterocycles. The molecule has 5 amide bonds. The SMILES string of the molecule is CCCCCCCCCCCCCCCCCCNC(=O)[C@H]1O[C@H](OCc2ccccc2)[C@H](NC(C)=O)[C@@H](O[C@@H](C)C(=O)N[C@H](C)C(=O)N[C@H](CCC(=O)OCc2ccccc2)C(N)=O)[C@@H]1OC(C)=O. The Balaban J connectivity index is 1.62. The topological polar surface area (TPSA) is 240 Å². The van der Waals surface area contributed by atoms with Crippen molar-refractivity contribution in [3.05, 3.63) is 71.8 Å². The van der Waals surface area contributed by atoms with Crippen molar-refractivity contribution in [3.8, 4) is 0 Å². The summed E-state index contributed by atoms with van der Waals surface area (Å²) >= 11 is 0. The van der Waals surface area contributed by atoms with Crippen molar-refractivity contribution in [2.24, 2.45) is 5.73 Å². The zero-order chi connectivity index (χ0) is 51.1. The van der Waals surface area contributed by atoms with Crippen molar-refractivity contribution in [2.75, 3.05) is 6.54 Å². The first-order valence-corrected chi connectivity index (χ1v) is 25.5. The summed E-state index contributed by atoms with van der Waals surface area (Å²) in [5, 5.41) is 10.7. The standard InChI is InChI=1S/C53H81N5O12/c1-6-7-8-9-10-11-12-13-14-15-16-17-18-19-20-27-34-55-52(65)48-47(69-40(5)60)46(45(57-39(4)59)53(70-48)67-36-42-30-25-22-26-31-42)68-38(3)51(64)56-37(2)50(63)58-43(49(54)62)32-33-44(61)66-35-41-28-23-21-24-29-41/h21-26,28-31,37-38,43,45-48,53H,6-20,27,32-36H2,1-5H3,(H2,54,62)(H,55,65)(H,56,64)(H,57,59)(H,58,63)/t37-,38+,43-,45-,46-,47+,48+,53+/m1/s1. The Hall–Kier alpha value is -5.39. The first-order valence-electron chi connectivity index (χ1n) is 25.5. The second kappa shape index (κ2) is 34.0. The summed E-state index contributed by atoms with van der Waals surface area (Å²) in [5.74, 6) is -4.99. The van der Waals surface area contributed by atoms with Crippen molar-refractivity contribution < 1.29 is 57.2 Å². The highest BCUT2D eigenvalue weighted by molar-refractivity contribution is 5.92. The number of amides is 5. The Kier molecular flexibility index (Phi) is 28.6. The van der Waals surface area contributed by atoms with E-state index in [1.54, 1.807) is 24.3 Å². The fraction of sp³-hybridized carbons (Fsp3) is 0.642. The summed E-state index contributed by atoms with van der Waals surface area (Å²) < 4.78 is 29.7. The summed E-state index contributed by atoms with van der Waals surface area (Å²) in [6.45, 7) is 7.77. The summed E-state index contributed by atoms with van der Waals surface area (Å²) in [5.41, 5.74) is 7.08. The average molecular weight is 980 g/mol. The number of unbranched alkanes of at least 4 members (excludes halogenated alkanes) is 15. The van der Waals surface area contributed by atoms with E-state index in [1.807, 2.05) is 36.4 Å². The number of ether oxygens (including phenoxy) is 5. The third-order valence-electron chi connectivity index (χ3n) is 12.1. The maximum atomic E-state index is 14.0. The van der Waals surface area contributed by atoms with E-state index in [9.17, 15) is 33.6 Å². The van der Waals surface area contributed by atoms with Gasteiger partial charge in [0.2, 0.25) is 23.6 Å². The van der Waals surface area contributed by atoms with E-state index in [4.69, 9.17) is 29.4 Å². The predicted molar refractivity (Wildman–Crippen MR) is 264 cm³/mol. The highest BCUT2D eigenvalue weighted by Gasteiger charge is 2.53. The molecule has 390 valence electrons. The largest absolute Gasteiger partial charge is 0.461 e. The minimum Gasteiger partial charge on any atom is -0.461 e.